The van der Waals surface area contributed by atoms with E-state index in [0.29, 0.717) is 36.9 Å². The molecule has 2 heterocycles. The first-order chi connectivity index (χ1) is 14.1. The number of amides is 2. The van der Waals surface area contributed by atoms with Gasteiger partial charge in [-0.05, 0) is 31.4 Å². The molecule has 2 N–H and O–H groups in total. The topological polar surface area (TPSA) is 92.8 Å². The second-order valence-corrected chi connectivity index (χ2v) is 7.55. The summed E-state index contributed by atoms with van der Waals surface area (Å²) in [5, 5.41) is 8.36. The summed E-state index contributed by atoms with van der Waals surface area (Å²) in [6.45, 7) is 1.42. The van der Waals surface area contributed by atoms with Crippen LogP contribution in [-0.4, -0.2) is 61.7 Å². The molecule has 8 nitrogen and oxygen atoms in total. The van der Waals surface area contributed by atoms with E-state index < -0.39 is 6.04 Å². The zero-order chi connectivity index (χ0) is 20.6. The number of piperidine rings is 1. The normalized spacial score (nSPS) is 16.3. The lowest BCUT2D eigenvalue weighted by Gasteiger charge is -2.34. The third-order valence-electron chi connectivity index (χ3n) is 4.72. The van der Waals surface area contributed by atoms with Crippen LogP contribution in [0, 0.1) is 0 Å². The molecule has 0 unspecified atom stereocenters. The lowest BCUT2D eigenvalue weighted by atomic mass is 10.0. The van der Waals surface area contributed by atoms with Gasteiger partial charge in [-0.1, -0.05) is 6.07 Å². The van der Waals surface area contributed by atoms with Crippen molar-refractivity contribution in [1.29, 1.82) is 0 Å². The molecule has 1 saturated heterocycles. The van der Waals surface area contributed by atoms with Crippen LogP contribution in [0.1, 0.15) is 29.8 Å². The number of hydrogen-bond donors (Lipinski definition) is 2. The first kappa shape index (κ1) is 21.1. The van der Waals surface area contributed by atoms with Gasteiger partial charge in [0.2, 0.25) is 5.91 Å². The first-order valence-corrected chi connectivity index (χ1v) is 10.4. The van der Waals surface area contributed by atoms with Gasteiger partial charge in [0.25, 0.3) is 5.91 Å². The summed E-state index contributed by atoms with van der Waals surface area (Å²) < 4.78 is 10.2. The number of rotatable bonds is 8. The predicted molar refractivity (Wildman–Crippen MR) is 112 cm³/mol. The molecule has 156 valence electrons. The molecule has 0 spiro atoms. The quantitative estimate of drug-likeness (QED) is 0.641. The number of benzene rings is 1. The fraction of sp³-hybridized carbons (Fsp3) is 0.450. The summed E-state index contributed by atoms with van der Waals surface area (Å²) in [5.74, 6) is 0.380. The third-order valence-corrected chi connectivity index (χ3v) is 5.47. The molecule has 1 fully saturated rings. The number of aromatic nitrogens is 1. The first-order valence-electron chi connectivity index (χ1n) is 9.56. The van der Waals surface area contributed by atoms with Gasteiger partial charge in [0.1, 0.15) is 17.5 Å². The summed E-state index contributed by atoms with van der Waals surface area (Å²) in [6.07, 6.45) is 2.46. The number of thiazole rings is 1. The Hall–Kier alpha value is -2.65. The van der Waals surface area contributed by atoms with Crippen LogP contribution in [0.25, 0.3) is 0 Å². The monoisotopic (exact) mass is 418 g/mol. The Balaban J connectivity index is 1.67. The van der Waals surface area contributed by atoms with E-state index in [9.17, 15) is 9.59 Å². The highest BCUT2D eigenvalue weighted by Crippen LogP contribution is 2.26. The van der Waals surface area contributed by atoms with Crippen LogP contribution in [0.4, 0.5) is 10.8 Å². The number of carbonyl (C=O) groups excluding carboxylic acids is 2. The number of carbonyl (C=O) groups is 2. The van der Waals surface area contributed by atoms with E-state index in [1.165, 1.54) is 11.3 Å². The zero-order valence-corrected chi connectivity index (χ0v) is 17.5. The van der Waals surface area contributed by atoms with Crippen molar-refractivity contribution in [1.82, 2.24) is 15.2 Å². The fourth-order valence-electron chi connectivity index (χ4n) is 3.24. The number of methoxy groups -OCH3 is 2. The number of nitrogens with zero attached hydrogens (tertiary/aromatic N) is 2. The van der Waals surface area contributed by atoms with Crippen molar-refractivity contribution >= 4 is 34.0 Å². The number of nitrogens with one attached hydrogen (secondary N) is 2. The number of hydrogen-bond acceptors (Lipinski definition) is 7. The second-order valence-electron chi connectivity index (χ2n) is 6.69. The Morgan fingerprint density at radius 2 is 2.17 bits per heavy atom. The summed E-state index contributed by atoms with van der Waals surface area (Å²) in [4.78, 5) is 31.6. The van der Waals surface area contributed by atoms with Crippen LogP contribution in [0.3, 0.4) is 0 Å². The molecule has 3 rings (SSSR count). The van der Waals surface area contributed by atoms with E-state index in [1.807, 2.05) is 24.3 Å². The van der Waals surface area contributed by atoms with Crippen molar-refractivity contribution in [2.45, 2.75) is 25.3 Å². The van der Waals surface area contributed by atoms with Crippen molar-refractivity contribution < 1.29 is 19.1 Å². The van der Waals surface area contributed by atoms with Crippen molar-refractivity contribution in [3.63, 3.8) is 0 Å². The smallest absolute Gasteiger partial charge is 0.274 e. The van der Waals surface area contributed by atoms with Crippen LogP contribution in [-0.2, 0) is 9.53 Å². The maximum Gasteiger partial charge on any atom is 0.274 e. The molecule has 1 aliphatic rings. The summed E-state index contributed by atoms with van der Waals surface area (Å²) >= 11 is 1.35. The molecular weight excluding hydrogens is 392 g/mol. The van der Waals surface area contributed by atoms with Crippen molar-refractivity contribution in [2.75, 3.05) is 39.2 Å². The number of ether oxygens (including phenoxy) is 2. The molecule has 1 aliphatic heterocycles. The molecule has 29 heavy (non-hydrogen) atoms. The molecule has 9 heteroatoms. The van der Waals surface area contributed by atoms with Crippen LogP contribution in [0.5, 0.6) is 5.75 Å². The van der Waals surface area contributed by atoms with Gasteiger partial charge in [-0.3, -0.25) is 9.59 Å². The predicted octanol–water partition coefficient (Wildman–Crippen LogP) is 2.65. The Morgan fingerprint density at radius 1 is 1.31 bits per heavy atom. The molecule has 2 aromatic rings. The molecular formula is C20H26N4O4S. The van der Waals surface area contributed by atoms with Gasteiger partial charge in [0.15, 0.2) is 5.13 Å². The molecule has 0 radical (unpaired) electrons. The van der Waals surface area contributed by atoms with Gasteiger partial charge in [0.05, 0.1) is 13.7 Å². The minimum absolute atomic E-state index is 0.139. The minimum atomic E-state index is -0.468. The summed E-state index contributed by atoms with van der Waals surface area (Å²) in [6, 6.07) is 7.02. The van der Waals surface area contributed by atoms with Crippen LogP contribution in [0.2, 0.25) is 0 Å². The second kappa shape index (κ2) is 10.2. The van der Waals surface area contributed by atoms with Crippen molar-refractivity contribution in [3.05, 3.63) is 35.3 Å². The highest BCUT2D eigenvalue weighted by atomic mass is 32.1. The van der Waals surface area contributed by atoms with Crippen LogP contribution >= 0.6 is 11.3 Å². The van der Waals surface area contributed by atoms with E-state index in [-0.39, 0.29) is 11.8 Å². The van der Waals surface area contributed by atoms with Gasteiger partial charge >= 0.3 is 0 Å². The van der Waals surface area contributed by atoms with E-state index in [0.717, 1.165) is 24.3 Å². The average molecular weight is 419 g/mol. The Bertz CT molecular complexity index is 841. The maximum atomic E-state index is 13.0. The third kappa shape index (κ3) is 5.45. The maximum absolute atomic E-state index is 13.0. The lowest BCUT2D eigenvalue weighted by Crippen LogP contribution is -2.52. The van der Waals surface area contributed by atoms with Crippen LogP contribution < -0.4 is 15.4 Å². The summed E-state index contributed by atoms with van der Waals surface area (Å²) in [7, 11) is 3.20. The molecule has 0 saturated carbocycles. The molecule has 1 aromatic carbocycles. The van der Waals surface area contributed by atoms with Gasteiger partial charge < -0.3 is 25.0 Å². The lowest BCUT2D eigenvalue weighted by molar-refractivity contribution is -0.126. The van der Waals surface area contributed by atoms with Crippen molar-refractivity contribution in [2.24, 2.45) is 0 Å². The Kier molecular flexibility index (Phi) is 7.42. The number of anilines is 2. The summed E-state index contributed by atoms with van der Waals surface area (Å²) in [5.41, 5.74) is 1.17. The van der Waals surface area contributed by atoms with Gasteiger partial charge in [-0.2, -0.15) is 0 Å². The molecule has 1 atom stereocenters. The SMILES string of the molecule is COCCNC(=O)[C@H]1CCCCN1C(=O)c1csc(Nc2cccc(OC)c2)n1. The highest BCUT2D eigenvalue weighted by molar-refractivity contribution is 7.14. The average Bonchev–Trinajstić information content (AvgIpc) is 3.22. The Labute approximate surface area is 174 Å². The Morgan fingerprint density at radius 3 is 2.97 bits per heavy atom. The fourth-order valence-corrected chi connectivity index (χ4v) is 3.95. The molecule has 0 aliphatic carbocycles. The molecule has 0 bridgehead atoms. The minimum Gasteiger partial charge on any atom is -0.497 e. The van der Waals surface area contributed by atoms with E-state index in [2.05, 4.69) is 15.6 Å². The van der Waals surface area contributed by atoms with Crippen LogP contribution in [0.15, 0.2) is 29.6 Å². The van der Waals surface area contributed by atoms with E-state index in [1.54, 1.807) is 24.5 Å². The van der Waals surface area contributed by atoms with Gasteiger partial charge in [0, 0.05) is 37.3 Å². The molecule has 1 aromatic heterocycles. The van der Waals surface area contributed by atoms with Crippen molar-refractivity contribution in [3.8, 4) is 5.75 Å². The van der Waals surface area contributed by atoms with Gasteiger partial charge in [-0.15, -0.1) is 11.3 Å². The number of likely N-dealkylation sites (tertiary alicyclic amines) is 1. The largest absolute Gasteiger partial charge is 0.497 e. The highest BCUT2D eigenvalue weighted by Gasteiger charge is 2.33. The van der Waals surface area contributed by atoms with E-state index in [4.69, 9.17) is 9.47 Å². The van der Waals surface area contributed by atoms with Gasteiger partial charge in [-0.25, -0.2) is 4.98 Å². The van der Waals surface area contributed by atoms with E-state index >= 15 is 0 Å². The molecule has 2 amide bonds. The zero-order valence-electron chi connectivity index (χ0n) is 16.6. The standard InChI is InChI=1S/C20H26N4O4S/c1-27-11-9-21-18(25)17-8-3-4-10-24(17)19(26)16-13-29-20(23-16)22-14-6-5-7-15(12-14)28-2/h5-7,12-13,17H,3-4,8-11H2,1-2H3,(H,21,25)(H,22,23)/t17-/m1/s1.